The second-order valence-corrected chi connectivity index (χ2v) is 9.26. The van der Waals surface area contributed by atoms with Gasteiger partial charge in [-0.1, -0.05) is 18.2 Å². The van der Waals surface area contributed by atoms with Crippen molar-refractivity contribution in [3.8, 4) is 5.75 Å². The van der Waals surface area contributed by atoms with E-state index in [1.807, 2.05) is 38.1 Å². The number of carbonyl (C=O) groups is 3. The molecular weight excluding hydrogens is 454 g/mol. The number of anilines is 1. The number of hydrogen-bond acceptors (Lipinski definition) is 6. The lowest BCUT2D eigenvalue weighted by Gasteiger charge is -2.33. The molecule has 1 heterocycles. The third kappa shape index (κ3) is 6.39. The van der Waals surface area contributed by atoms with Crippen molar-refractivity contribution < 1.29 is 24.0 Å². The topological polar surface area (TPSA) is 97.0 Å². The minimum absolute atomic E-state index is 0.00339. The molecule has 0 saturated carbocycles. The maximum atomic E-state index is 13.4. The molecule has 2 aromatic rings. The molecule has 34 heavy (non-hydrogen) atoms. The predicted molar refractivity (Wildman–Crippen MR) is 132 cm³/mol. The molecule has 0 bridgehead atoms. The summed E-state index contributed by atoms with van der Waals surface area (Å²) in [6, 6.07) is 12.6. The molecule has 0 saturated heterocycles. The SMILES string of the molecule is C=CCONC(=O)CN1C(=O)[C@@H](Cc2ccc(OC)cc2)Sc2cc(C(=O)NC(C)C)ccc21. The normalized spacial score (nSPS) is 15.0. The van der Waals surface area contributed by atoms with E-state index in [2.05, 4.69) is 17.4 Å². The number of hydroxylamine groups is 1. The van der Waals surface area contributed by atoms with Crippen molar-refractivity contribution in [2.45, 2.75) is 36.5 Å². The Labute approximate surface area is 203 Å². The van der Waals surface area contributed by atoms with Crippen LogP contribution in [0.25, 0.3) is 0 Å². The first kappa shape index (κ1) is 25.3. The molecule has 2 N–H and O–H groups in total. The largest absolute Gasteiger partial charge is 0.497 e. The van der Waals surface area contributed by atoms with Crippen LogP contribution in [-0.4, -0.2) is 49.3 Å². The van der Waals surface area contributed by atoms with E-state index >= 15 is 0 Å². The number of methoxy groups -OCH3 is 1. The van der Waals surface area contributed by atoms with Gasteiger partial charge in [-0.05, 0) is 56.2 Å². The fourth-order valence-electron chi connectivity index (χ4n) is 3.44. The van der Waals surface area contributed by atoms with Crippen LogP contribution in [0.4, 0.5) is 5.69 Å². The van der Waals surface area contributed by atoms with E-state index in [1.54, 1.807) is 25.3 Å². The quantitative estimate of drug-likeness (QED) is 0.306. The Morgan fingerprint density at radius 1 is 1.21 bits per heavy atom. The van der Waals surface area contributed by atoms with Crippen molar-refractivity contribution in [3.05, 3.63) is 66.2 Å². The average Bonchev–Trinajstić information content (AvgIpc) is 2.81. The maximum absolute atomic E-state index is 13.4. The minimum Gasteiger partial charge on any atom is -0.497 e. The van der Waals surface area contributed by atoms with Crippen molar-refractivity contribution in [1.29, 1.82) is 0 Å². The van der Waals surface area contributed by atoms with Gasteiger partial charge in [0.05, 0.1) is 24.7 Å². The van der Waals surface area contributed by atoms with Crippen LogP contribution in [0.2, 0.25) is 0 Å². The lowest BCUT2D eigenvalue weighted by Crippen LogP contribution is -2.47. The molecule has 2 aromatic carbocycles. The molecule has 0 radical (unpaired) electrons. The summed E-state index contributed by atoms with van der Waals surface area (Å²) in [5.41, 5.74) is 4.36. The van der Waals surface area contributed by atoms with Gasteiger partial charge in [0.2, 0.25) is 5.91 Å². The van der Waals surface area contributed by atoms with Gasteiger partial charge in [0.1, 0.15) is 12.3 Å². The summed E-state index contributed by atoms with van der Waals surface area (Å²) in [4.78, 5) is 45.6. The van der Waals surface area contributed by atoms with Crippen molar-refractivity contribution in [1.82, 2.24) is 10.8 Å². The van der Waals surface area contributed by atoms with Gasteiger partial charge in [-0.15, -0.1) is 18.3 Å². The fraction of sp³-hybridized carbons (Fsp3) is 0.320. The molecule has 1 aliphatic rings. The van der Waals surface area contributed by atoms with E-state index in [-0.39, 0.29) is 31.0 Å². The van der Waals surface area contributed by atoms with E-state index in [4.69, 9.17) is 9.57 Å². The summed E-state index contributed by atoms with van der Waals surface area (Å²) in [5, 5.41) is 2.41. The number of hydrogen-bond donors (Lipinski definition) is 2. The standard InChI is InChI=1S/C25H29N3O5S/c1-5-12-33-27-23(29)15-28-20-11-8-18(24(30)26-16(2)3)14-21(20)34-22(25(28)31)13-17-6-9-19(32-4)10-7-17/h5-11,14,16,22H,1,12-13,15H2,2-4H3,(H,26,30)(H,27,29)/t22-/m1/s1. The number of ether oxygens (including phenoxy) is 1. The monoisotopic (exact) mass is 483 g/mol. The zero-order chi connectivity index (χ0) is 24.7. The highest BCUT2D eigenvalue weighted by molar-refractivity contribution is 8.01. The molecule has 3 rings (SSSR count). The Morgan fingerprint density at radius 2 is 1.94 bits per heavy atom. The average molecular weight is 484 g/mol. The van der Waals surface area contributed by atoms with Gasteiger partial charge >= 0.3 is 0 Å². The van der Waals surface area contributed by atoms with E-state index in [0.29, 0.717) is 17.7 Å². The lowest BCUT2D eigenvalue weighted by atomic mass is 10.1. The van der Waals surface area contributed by atoms with Crippen LogP contribution >= 0.6 is 11.8 Å². The van der Waals surface area contributed by atoms with Crippen molar-refractivity contribution in [2.75, 3.05) is 25.2 Å². The van der Waals surface area contributed by atoms with Crippen LogP contribution in [0, 0.1) is 0 Å². The Morgan fingerprint density at radius 3 is 2.59 bits per heavy atom. The van der Waals surface area contributed by atoms with Crippen molar-refractivity contribution >= 4 is 35.2 Å². The second kappa shape index (κ2) is 11.7. The molecule has 8 nitrogen and oxygen atoms in total. The number of rotatable bonds is 10. The number of amides is 3. The van der Waals surface area contributed by atoms with Crippen LogP contribution in [-0.2, 0) is 20.8 Å². The third-order valence-corrected chi connectivity index (χ3v) is 6.25. The zero-order valence-corrected chi connectivity index (χ0v) is 20.3. The number of benzene rings is 2. The number of nitrogens with zero attached hydrogens (tertiary/aromatic N) is 1. The van der Waals surface area contributed by atoms with Crippen molar-refractivity contribution in [2.24, 2.45) is 0 Å². The van der Waals surface area contributed by atoms with Crippen LogP contribution in [0.1, 0.15) is 29.8 Å². The van der Waals surface area contributed by atoms with Crippen molar-refractivity contribution in [3.63, 3.8) is 0 Å². The fourth-order valence-corrected chi connectivity index (χ4v) is 4.74. The predicted octanol–water partition coefficient (Wildman–Crippen LogP) is 3.12. The smallest absolute Gasteiger partial charge is 0.263 e. The molecule has 0 spiro atoms. The first-order valence-electron chi connectivity index (χ1n) is 10.9. The molecule has 3 amide bonds. The van der Waals surface area contributed by atoms with Crippen LogP contribution in [0.15, 0.2) is 60.0 Å². The van der Waals surface area contributed by atoms with Gasteiger partial charge in [0, 0.05) is 16.5 Å². The molecule has 0 fully saturated rings. The molecular formula is C25H29N3O5S. The van der Waals surface area contributed by atoms with Gasteiger partial charge in [0.15, 0.2) is 0 Å². The summed E-state index contributed by atoms with van der Waals surface area (Å²) in [7, 11) is 1.60. The third-order valence-electron chi connectivity index (χ3n) is 5.01. The number of fused-ring (bicyclic) bond motifs is 1. The molecule has 0 unspecified atom stereocenters. The Kier molecular flexibility index (Phi) is 8.72. The highest BCUT2D eigenvalue weighted by Gasteiger charge is 2.35. The summed E-state index contributed by atoms with van der Waals surface area (Å²) in [6.07, 6.45) is 1.97. The van der Waals surface area contributed by atoms with Gasteiger partial charge in [-0.25, -0.2) is 5.48 Å². The number of nitrogens with one attached hydrogen (secondary N) is 2. The van der Waals surface area contributed by atoms with Gasteiger partial charge in [-0.2, -0.15) is 0 Å². The van der Waals surface area contributed by atoms with E-state index in [9.17, 15) is 14.4 Å². The Balaban J connectivity index is 1.88. The van der Waals surface area contributed by atoms with Gasteiger partial charge < -0.3 is 15.0 Å². The molecule has 180 valence electrons. The van der Waals surface area contributed by atoms with E-state index in [1.165, 1.54) is 22.7 Å². The van der Waals surface area contributed by atoms with Gasteiger partial charge in [0.25, 0.3) is 11.8 Å². The number of carbonyl (C=O) groups excluding carboxylic acids is 3. The van der Waals surface area contributed by atoms with E-state index < -0.39 is 11.2 Å². The highest BCUT2D eigenvalue weighted by Crippen LogP contribution is 2.41. The molecule has 0 aliphatic carbocycles. The first-order chi connectivity index (χ1) is 16.3. The van der Waals surface area contributed by atoms with Crippen LogP contribution in [0.3, 0.4) is 0 Å². The molecule has 9 heteroatoms. The minimum atomic E-state index is -0.466. The Bertz CT molecular complexity index is 1060. The molecule has 1 aliphatic heterocycles. The lowest BCUT2D eigenvalue weighted by molar-refractivity contribution is -0.132. The van der Waals surface area contributed by atoms with Crippen LogP contribution in [0.5, 0.6) is 5.75 Å². The van der Waals surface area contributed by atoms with Crippen LogP contribution < -0.4 is 20.4 Å². The summed E-state index contributed by atoms with van der Waals surface area (Å²) >= 11 is 1.39. The van der Waals surface area contributed by atoms with E-state index in [0.717, 1.165) is 16.2 Å². The summed E-state index contributed by atoms with van der Waals surface area (Å²) in [6.45, 7) is 7.26. The maximum Gasteiger partial charge on any atom is 0.263 e. The highest BCUT2D eigenvalue weighted by atomic mass is 32.2. The zero-order valence-electron chi connectivity index (χ0n) is 19.5. The Hall–Kier alpha value is -3.30. The summed E-state index contributed by atoms with van der Waals surface area (Å²) in [5.74, 6) is -0.107. The first-order valence-corrected chi connectivity index (χ1v) is 11.8. The summed E-state index contributed by atoms with van der Waals surface area (Å²) < 4.78 is 5.21. The number of thioether (sulfide) groups is 1. The molecule has 0 aromatic heterocycles. The molecule has 1 atom stereocenters. The van der Waals surface area contributed by atoms with Gasteiger partial charge in [-0.3, -0.25) is 19.2 Å². The second-order valence-electron chi connectivity index (χ2n) is 8.02.